The SMILES string of the molecule is COc1ccc(NC(N)=NCCC2CC(F)(F)C2)cc1. The minimum Gasteiger partial charge on any atom is -0.497 e. The monoisotopic (exact) mass is 283 g/mol. The third-order valence-electron chi connectivity index (χ3n) is 3.36. The Morgan fingerprint density at radius 2 is 2.05 bits per heavy atom. The standard InChI is InChI=1S/C14H19F2N3O/c1-20-12-4-2-11(3-5-12)19-13(17)18-7-6-10-8-14(15,16)9-10/h2-5,10H,6-9H2,1H3,(H3,17,18,19). The topological polar surface area (TPSA) is 59.6 Å². The summed E-state index contributed by atoms with van der Waals surface area (Å²) in [5.74, 6) is -1.33. The van der Waals surface area contributed by atoms with Gasteiger partial charge < -0.3 is 15.8 Å². The van der Waals surface area contributed by atoms with E-state index < -0.39 is 5.92 Å². The molecule has 1 aliphatic carbocycles. The largest absolute Gasteiger partial charge is 0.497 e. The van der Waals surface area contributed by atoms with E-state index in [0.717, 1.165) is 11.4 Å². The summed E-state index contributed by atoms with van der Waals surface area (Å²) in [6, 6.07) is 7.28. The van der Waals surface area contributed by atoms with Crippen LogP contribution in [0.4, 0.5) is 14.5 Å². The summed E-state index contributed by atoms with van der Waals surface area (Å²) in [6.45, 7) is 0.468. The quantitative estimate of drug-likeness (QED) is 0.645. The first-order valence-electron chi connectivity index (χ1n) is 6.57. The van der Waals surface area contributed by atoms with Crippen LogP contribution >= 0.6 is 0 Å². The second kappa shape index (κ2) is 6.07. The van der Waals surface area contributed by atoms with Crippen LogP contribution in [-0.2, 0) is 0 Å². The molecule has 1 aromatic carbocycles. The molecule has 1 saturated carbocycles. The van der Waals surface area contributed by atoms with Gasteiger partial charge in [-0.1, -0.05) is 0 Å². The van der Waals surface area contributed by atoms with Gasteiger partial charge in [-0.15, -0.1) is 0 Å². The van der Waals surface area contributed by atoms with Gasteiger partial charge in [0, 0.05) is 25.1 Å². The molecule has 1 aliphatic rings. The number of nitrogens with one attached hydrogen (secondary N) is 1. The van der Waals surface area contributed by atoms with Crippen molar-refractivity contribution in [2.75, 3.05) is 19.0 Å². The number of rotatable bonds is 5. The van der Waals surface area contributed by atoms with E-state index in [1.807, 2.05) is 24.3 Å². The Morgan fingerprint density at radius 1 is 1.40 bits per heavy atom. The molecule has 0 amide bonds. The second-order valence-corrected chi connectivity index (χ2v) is 5.04. The van der Waals surface area contributed by atoms with Crippen molar-refractivity contribution in [3.05, 3.63) is 24.3 Å². The Bertz CT molecular complexity index is 466. The van der Waals surface area contributed by atoms with Crippen LogP contribution in [0.3, 0.4) is 0 Å². The molecule has 0 radical (unpaired) electrons. The van der Waals surface area contributed by atoms with Gasteiger partial charge >= 0.3 is 0 Å². The maximum Gasteiger partial charge on any atom is 0.248 e. The Labute approximate surface area is 117 Å². The summed E-state index contributed by atoms with van der Waals surface area (Å²) in [5, 5.41) is 2.94. The van der Waals surface area contributed by atoms with E-state index in [1.165, 1.54) is 0 Å². The lowest BCUT2D eigenvalue weighted by molar-refractivity contribution is -0.111. The van der Waals surface area contributed by atoms with Crippen molar-refractivity contribution in [3.63, 3.8) is 0 Å². The predicted octanol–water partition coefficient (Wildman–Crippen LogP) is 2.86. The third-order valence-corrected chi connectivity index (χ3v) is 3.36. The van der Waals surface area contributed by atoms with Crippen LogP contribution in [-0.4, -0.2) is 25.5 Å². The van der Waals surface area contributed by atoms with Gasteiger partial charge in [0.2, 0.25) is 5.92 Å². The second-order valence-electron chi connectivity index (χ2n) is 5.04. The summed E-state index contributed by atoms with van der Waals surface area (Å²) >= 11 is 0. The van der Waals surface area contributed by atoms with Gasteiger partial charge in [-0.05, 0) is 36.6 Å². The zero-order valence-electron chi connectivity index (χ0n) is 11.4. The number of guanidine groups is 1. The van der Waals surface area contributed by atoms with Crippen LogP contribution in [0.25, 0.3) is 0 Å². The van der Waals surface area contributed by atoms with Gasteiger partial charge in [0.05, 0.1) is 7.11 Å². The molecule has 1 fully saturated rings. The molecule has 0 aliphatic heterocycles. The summed E-state index contributed by atoms with van der Waals surface area (Å²) < 4.78 is 30.3. The highest BCUT2D eigenvalue weighted by Crippen LogP contribution is 2.43. The van der Waals surface area contributed by atoms with Gasteiger partial charge in [-0.2, -0.15) is 0 Å². The highest BCUT2D eigenvalue weighted by molar-refractivity contribution is 5.92. The lowest BCUT2D eigenvalue weighted by atomic mass is 9.79. The predicted molar refractivity (Wildman–Crippen MR) is 75.4 cm³/mol. The number of halogens is 2. The van der Waals surface area contributed by atoms with Crippen LogP contribution in [0.2, 0.25) is 0 Å². The lowest BCUT2D eigenvalue weighted by Crippen LogP contribution is -2.35. The van der Waals surface area contributed by atoms with Crippen molar-refractivity contribution >= 4 is 11.6 Å². The molecular formula is C14H19F2N3O. The van der Waals surface area contributed by atoms with Crippen LogP contribution in [0.5, 0.6) is 5.75 Å². The molecule has 0 unspecified atom stereocenters. The number of ether oxygens (including phenoxy) is 1. The Balaban J connectivity index is 1.73. The lowest BCUT2D eigenvalue weighted by Gasteiger charge is -2.34. The molecule has 4 nitrogen and oxygen atoms in total. The molecule has 0 spiro atoms. The molecule has 6 heteroatoms. The molecule has 0 bridgehead atoms. The normalized spacial score (nSPS) is 18.4. The van der Waals surface area contributed by atoms with Gasteiger partial charge in [0.1, 0.15) is 5.75 Å². The van der Waals surface area contributed by atoms with Crippen LogP contribution in [0, 0.1) is 5.92 Å². The van der Waals surface area contributed by atoms with E-state index in [9.17, 15) is 8.78 Å². The van der Waals surface area contributed by atoms with Crippen LogP contribution in [0.15, 0.2) is 29.3 Å². The summed E-state index contributed by atoms with van der Waals surface area (Å²) in [4.78, 5) is 4.14. The Morgan fingerprint density at radius 3 is 2.60 bits per heavy atom. The maximum absolute atomic E-state index is 12.6. The van der Waals surface area contributed by atoms with E-state index >= 15 is 0 Å². The van der Waals surface area contributed by atoms with E-state index in [4.69, 9.17) is 10.5 Å². The fraction of sp³-hybridized carbons (Fsp3) is 0.500. The van der Waals surface area contributed by atoms with E-state index in [1.54, 1.807) is 7.11 Å². The van der Waals surface area contributed by atoms with Gasteiger partial charge in [-0.3, -0.25) is 4.99 Å². The molecule has 0 heterocycles. The van der Waals surface area contributed by atoms with E-state index in [-0.39, 0.29) is 18.8 Å². The zero-order chi connectivity index (χ0) is 14.6. The number of nitrogens with zero attached hydrogens (tertiary/aromatic N) is 1. The number of hydrogen-bond donors (Lipinski definition) is 2. The number of nitrogens with two attached hydrogens (primary N) is 1. The zero-order valence-corrected chi connectivity index (χ0v) is 11.4. The maximum atomic E-state index is 12.6. The first kappa shape index (κ1) is 14.6. The van der Waals surface area contributed by atoms with Crippen molar-refractivity contribution in [1.29, 1.82) is 0 Å². The summed E-state index contributed by atoms with van der Waals surface area (Å²) in [6.07, 6.45) is 0.614. The fourth-order valence-electron chi connectivity index (χ4n) is 2.22. The summed E-state index contributed by atoms with van der Waals surface area (Å²) in [5.41, 5.74) is 6.54. The average Bonchev–Trinajstić information content (AvgIpc) is 2.37. The molecule has 3 N–H and O–H groups in total. The van der Waals surface area contributed by atoms with Crippen molar-refractivity contribution < 1.29 is 13.5 Å². The molecule has 1 aromatic rings. The number of hydrogen-bond acceptors (Lipinski definition) is 2. The number of methoxy groups -OCH3 is 1. The molecule has 20 heavy (non-hydrogen) atoms. The molecule has 0 aromatic heterocycles. The Hall–Kier alpha value is -1.85. The van der Waals surface area contributed by atoms with Crippen LogP contribution in [0.1, 0.15) is 19.3 Å². The van der Waals surface area contributed by atoms with Crippen molar-refractivity contribution in [2.24, 2.45) is 16.6 Å². The van der Waals surface area contributed by atoms with E-state index in [2.05, 4.69) is 10.3 Å². The van der Waals surface area contributed by atoms with Gasteiger partial charge in [0.15, 0.2) is 5.96 Å². The first-order valence-corrected chi connectivity index (χ1v) is 6.57. The number of aliphatic imine (C=N–C) groups is 1. The van der Waals surface area contributed by atoms with Crippen molar-refractivity contribution in [2.45, 2.75) is 25.2 Å². The van der Waals surface area contributed by atoms with Crippen molar-refractivity contribution in [1.82, 2.24) is 0 Å². The Kier molecular flexibility index (Phi) is 4.42. The minimum absolute atomic E-state index is 0.0195. The first-order chi connectivity index (χ1) is 9.48. The summed E-state index contributed by atoms with van der Waals surface area (Å²) in [7, 11) is 1.60. The van der Waals surface area contributed by atoms with Gasteiger partial charge in [0.25, 0.3) is 0 Å². The molecule has 110 valence electrons. The number of anilines is 1. The highest BCUT2D eigenvalue weighted by Gasteiger charge is 2.44. The molecular weight excluding hydrogens is 264 g/mol. The van der Waals surface area contributed by atoms with E-state index in [0.29, 0.717) is 18.9 Å². The molecule has 0 atom stereocenters. The van der Waals surface area contributed by atoms with Gasteiger partial charge in [-0.25, -0.2) is 8.78 Å². The number of benzene rings is 1. The molecule has 0 saturated heterocycles. The minimum atomic E-state index is -2.46. The average molecular weight is 283 g/mol. The van der Waals surface area contributed by atoms with Crippen molar-refractivity contribution in [3.8, 4) is 5.75 Å². The fourth-order valence-corrected chi connectivity index (χ4v) is 2.22. The third kappa shape index (κ3) is 4.08. The van der Waals surface area contributed by atoms with Crippen LogP contribution < -0.4 is 15.8 Å². The molecule has 2 rings (SSSR count). The highest BCUT2D eigenvalue weighted by atomic mass is 19.3. The number of alkyl halides is 2. The smallest absolute Gasteiger partial charge is 0.248 e.